The Hall–Kier alpha value is -5.33. The van der Waals surface area contributed by atoms with E-state index in [9.17, 15) is 50.1 Å². The van der Waals surface area contributed by atoms with Gasteiger partial charge in [-0.15, -0.1) is 0 Å². The van der Waals surface area contributed by atoms with Gasteiger partial charge in [0.25, 0.3) is 0 Å². The molecule has 3 aromatic carbocycles. The molecule has 240 valence electrons. The van der Waals surface area contributed by atoms with Gasteiger partial charge in [0.1, 0.15) is 6.10 Å². The normalized spacial score (nSPS) is 27.0. The predicted molar refractivity (Wildman–Crippen MR) is 161 cm³/mol. The molecule has 5 atom stereocenters. The van der Waals surface area contributed by atoms with Gasteiger partial charge < -0.3 is 45.2 Å². The molecule has 0 amide bonds. The summed E-state index contributed by atoms with van der Waals surface area (Å²) >= 11 is 0. The molecule has 12 nitrogen and oxygen atoms in total. The number of aliphatic carboxylic acids is 1. The van der Waals surface area contributed by atoms with Gasteiger partial charge >= 0.3 is 17.9 Å². The van der Waals surface area contributed by atoms with Gasteiger partial charge in [0, 0.05) is 24.0 Å². The number of aliphatic hydroxyl groups excluding tert-OH is 1. The van der Waals surface area contributed by atoms with Crippen LogP contribution in [0.2, 0.25) is 0 Å². The third-order valence-corrected chi connectivity index (χ3v) is 8.52. The molecule has 1 heterocycles. The summed E-state index contributed by atoms with van der Waals surface area (Å²) in [4.78, 5) is 39.3. The number of esters is 2. The summed E-state index contributed by atoms with van der Waals surface area (Å²) in [6.45, 7) is 0. The van der Waals surface area contributed by atoms with Crippen LogP contribution in [0.4, 0.5) is 0 Å². The SMILES string of the molecule is O=C(C=Cc1ccc(O)c(O)c1)OC1C(Cc2ccccc2)C(O)(C(=O)O)CC(O)C12CCC(=Cc1ccc(O)c(O)c1)C(=O)O2. The van der Waals surface area contributed by atoms with Gasteiger partial charge in [-0.05, 0) is 72.4 Å². The second kappa shape index (κ2) is 12.6. The molecule has 1 spiro atoms. The first-order chi connectivity index (χ1) is 21.8. The highest BCUT2D eigenvalue weighted by Crippen LogP contribution is 2.50. The van der Waals surface area contributed by atoms with E-state index in [1.165, 1.54) is 48.6 Å². The molecule has 1 aliphatic carbocycles. The monoisotopic (exact) mass is 632 g/mol. The molecule has 2 fully saturated rings. The van der Waals surface area contributed by atoms with E-state index in [1.54, 1.807) is 30.3 Å². The van der Waals surface area contributed by atoms with Gasteiger partial charge in [-0.2, -0.15) is 0 Å². The Labute approximate surface area is 262 Å². The minimum atomic E-state index is -2.59. The smallest absolute Gasteiger partial charge is 0.336 e. The lowest BCUT2D eigenvalue weighted by molar-refractivity contribution is -0.263. The largest absolute Gasteiger partial charge is 0.504 e. The number of carbonyl (C=O) groups is 3. The number of hydrogen-bond acceptors (Lipinski definition) is 11. The van der Waals surface area contributed by atoms with Crippen LogP contribution in [0.1, 0.15) is 36.0 Å². The molecule has 46 heavy (non-hydrogen) atoms. The van der Waals surface area contributed by atoms with Crippen molar-refractivity contribution in [3.8, 4) is 23.0 Å². The van der Waals surface area contributed by atoms with Crippen LogP contribution in [-0.2, 0) is 30.3 Å². The van der Waals surface area contributed by atoms with E-state index < -0.39 is 65.2 Å². The number of phenolic OH excluding ortho intramolecular Hbond substituents is 4. The van der Waals surface area contributed by atoms with Gasteiger partial charge in [0.15, 0.2) is 40.3 Å². The highest BCUT2D eigenvalue weighted by atomic mass is 16.6. The number of benzene rings is 3. The zero-order valence-electron chi connectivity index (χ0n) is 24.3. The van der Waals surface area contributed by atoms with E-state index in [0.29, 0.717) is 16.7 Å². The Balaban J connectivity index is 1.53. The number of aromatic hydroxyl groups is 4. The van der Waals surface area contributed by atoms with Gasteiger partial charge in [-0.1, -0.05) is 42.5 Å². The number of carboxylic acids is 1. The van der Waals surface area contributed by atoms with Crippen molar-refractivity contribution in [2.24, 2.45) is 5.92 Å². The third kappa shape index (κ3) is 6.25. The topological polar surface area (TPSA) is 211 Å². The molecule has 1 saturated heterocycles. The molecule has 5 unspecified atom stereocenters. The maximum absolute atomic E-state index is 13.4. The number of rotatable bonds is 7. The third-order valence-electron chi connectivity index (χ3n) is 8.52. The number of ether oxygens (including phenoxy) is 2. The van der Waals surface area contributed by atoms with E-state index in [2.05, 4.69) is 0 Å². The van der Waals surface area contributed by atoms with Gasteiger partial charge in [0.2, 0.25) is 0 Å². The summed E-state index contributed by atoms with van der Waals surface area (Å²) < 4.78 is 11.7. The maximum Gasteiger partial charge on any atom is 0.336 e. The number of carbonyl (C=O) groups excluding carboxylic acids is 2. The summed E-state index contributed by atoms with van der Waals surface area (Å²) in [6, 6.07) is 16.3. The van der Waals surface area contributed by atoms with Crippen molar-refractivity contribution in [2.75, 3.05) is 0 Å². The molecule has 3 aromatic rings. The number of carboxylic acid groups (broad SMARTS) is 1. The first-order valence-electron chi connectivity index (χ1n) is 14.4. The average molecular weight is 633 g/mol. The van der Waals surface area contributed by atoms with Crippen molar-refractivity contribution >= 4 is 30.1 Å². The molecule has 2 aliphatic rings. The Morgan fingerprint density at radius 3 is 2.15 bits per heavy atom. The lowest BCUT2D eigenvalue weighted by atomic mass is 9.61. The van der Waals surface area contributed by atoms with Crippen LogP contribution in [-0.4, -0.2) is 77.1 Å². The van der Waals surface area contributed by atoms with Crippen LogP contribution >= 0.6 is 0 Å². The second-order valence-corrected chi connectivity index (χ2v) is 11.4. The number of phenols is 4. The van der Waals surface area contributed by atoms with Crippen LogP contribution in [0, 0.1) is 5.92 Å². The first-order valence-corrected chi connectivity index (χ1v) is 14.4. The number of aliphatic hydroxyl groups is 2. The summed E-state index contributed by atoms with van der Waals surface area (Å²) in [6.07, 6.45) is -0.729. The summed E-state index contributed by atoms with van der Waals surface area (Å²) in [5.41, 5.74) is -3.13. The standard InChI is InChI=1S/C34H32O12/c35-24-9-6-20(16-26(24)37)8-11-29(40)45-30-23(15-19-4-2-1-3-5-19)33(44,32(42)43)18-28(39)34(30)13-12-22(31(41)46-34)14-21-7-10-25(36)27(38)17-21/h1-11,14,16-17,23,28,30,35-39,44H,12-13,15,18H2,(H,42,43). The molecule has 0 aromatic heterocycles. The molecule has 12 heteroatoms. The van der Waals surface area contributed by atoms with Crippen LogP contribution in [0.25, 0.3) is 12.2 Å². The molecular formula is C34H32O12. The molecule has 7 N–H and O–H groups in total. The van der Waals surface area contributed by atoms with E-state index in [0.717, 1.165) is 6.08 Å². The fourth-order valence-corrected chi connectivity index (χ4v) is 6.06. The summed E-state index contributed by atoms with van der Waals surface area (Å²) in [5, 5.41) is 72.0. The summed E-state index contributed by atoms with van der Waals surface area (Å²) in [7, 11) is 0. The highest BCUT2D eigenvalue weighted by molar-refractivity contribution is 5.95. The zero-order valence-corrected chi connectivity index (χ0v) is 24.3. The van der Waals surface area contributed by atoms with Gasteiger partial charge in [-0.25, -0.2) is 14.4 Å². The van der Waals surface area contributed by atoms with Gasteiger partial charge in [0.05, 0.1) is 0 Å². The Bertz CT molecular complexity index is 1710. The molecule has 5 rings (SSSR count). The summed E-state index contributed by atoms with van der Waals surface area (Å²) in [5.74, 6) is -6.52. The van der Waals surface area contributed by atoms with Crippen molar-refractivity contribution in [1.29, 1.82) is 0 Å². The fourth-order valence-electron chi connectivity index (χ4n) is 6.06. The molecule has 1 aliphatic heterocycles. The first kappa shape index (κ1) is 32.1. The average Bonchev–Trinajstić information content (AvgIpc) is 3.02. The Morgan fingerprint density at radius 1 is 0.913 bits per heavy atom. The minimum Gasteiger partial charge on any atom is -0.504 e. The van der Waals surface area contributed by atoms with Gasteiger partial charge in [-0.3, -0.25) is 0 Å². The van der Waals surface area contributed by atoms with Crippen LogP contribution < -0.4 is 0 Å². The molecular weight excluding hydrogens is 600 g/mol. The molecule has 0 bridgehead atoms. The van der Waals surface area contributed by atoms with Crippen LogP contribution in [0.15, 0.2) is 78.4 Å². The Kier molecular flexibility index (Phi) is 8.77. The molecule has 0 radical (unpaired) electrons. The minimum absolute atomic E-state index is 0.0161. The predicted octanol–water partition coefficient (Wildman–Crippen LogP) is 3.03. The van der Waals surface area contributed by atoms with Crippen molar-refractivity contribution in [3.63, 3.8) is 0 Å². The van der Waals surface area contributed by atoms with Crippen LogP contribution in [0.5, 0.6) is 23.0 Å². The van der Waals surface area contributed by atoms with Crippen molar-refractivity contribution in [1.82, 2.24) is 0 Å². The van der Waals surface area contributed by atoms with E-state index >= 15 is 0 Å². The lowest BCUT2D eigenvalue weighted by Gasteiger charge is -2.54. The highest BCUT2D eigenvalue weighted by Gasteiger charge is 2.67. The van der Waals surface area contributed by atoms with Crippen molar-refractivity contribution in [2.45, 2.75) is 49.1 Å². The van der Waals surface area contributed by atoms with E-state index in [4.69, 9.17) is 9.47 Å². The zero-order chi connectivity index (χ0) is 33.2. The van der Waals surface area contributed by atoms with Crippen molar-refractivity contribution in [3.05, 3.63) is 95.1 Å². The molecule has 1 saturated carbocycles. The Morgan fingerprint density at radius 2 is 1.54 bits per heavy atom. The van der Waals surface area contributed by atoms with E-state index in [-0.39, 0.29) is 36.3 Å². The van der Waals surface area contributed by atoms with Crippen LogP contribution in [0.3, 0.4) is 0 Å². The number of hydrogen-bond donors (Lipinski definition) is 7. The lowest BCUT2D eigenvalue weighted by Crippen LogP contribution is -2.72. The van der Waals surface area contributed by atoms with Crippen molar-refractivity contribution < 1.29 is 59.6 Å². The second-order valence-electron chi connectivity index (χ2n) is 11.4. The quantitative estimate of drug-likeness (QED) is 0.114. The van der Waals surface area contributed by atoms with E-state index in [1.807, 2.05) is 0 Å². The fraction of sp³-hybridized carbons (Fsp3) is 0.265. The maximum atomic E-state index is 13.4.